The standard InChI is InChI=1S/C14H24N2O4S/c1-4-7-15-10-12-5-6-13(20-12)21(17,18)16-8-9-19-11-14(16,2)3/h5-6,15H,4,7-11H2,1-3H3. The van der Waals surface area contributed by atoms with Gasteiger partial charge in [0.2, 0.25) is 5.09 Å². The van der Waals surface area contributed by atoms with Crippen molar-refractivity contribution in [3.63, 3.8) is 0 Å². The smallest absolute Gasteiger partial charge is 0.277 e. The van der Waals surface area contributed by atoms with Crippen LogP contribution in [0.25, 0.3) is 0 Å². The fourth-order valence-electron chi connectivity index (χ4n) is 2.38. The van der Waals surface area contributed by atoms with E-state index in [-0.39, 0.29) is 5.09 Å². The average molecular weight is 316 g/mol. The van der Waals surface area contributed by atoms with E-state index < -0.39 is 15.6 Å². The van der Waals surface area contributed by atoms with Crippen molar-refractivity contribution in [3.05, 3.63) is 17.9 Å². The fraction of sp³-hybridized carbons (Fsp3) is 0.714. The fourth-order valence-corrected chi connectivity index (χ4v) is 4.07. The SMILES string of the molecule is CCCNCc1ccc(S(=O)(=O)N2CCOCC2(C)C)o1. The van der Waals surface area contributed by atoms with Crippen LogP contribution in [0.3, 0.4) is 0 Å². The molecule has 0 saturated carbocycles. The summed E-state index contributed by atoms with van der Waals surface area (Å²) in [7, 11) is -3.62. The monoisotopic (exact) mass is 316 g/mol. The molecule has 1 aromatic rings. The molecule has 0 unspecified atom stereocenters. The number of morpholine rings is 1. The predicted octanol–water partition coefficient (Wildman–Crippen LogP) is 1.58. The Labute approximate surface area is 126 Å². The third-order valence-electron chi connectivity index (χ3n) is 3.48. The van der Waals surface area contributed by atoms with Crippen LogP contribution in [0, 0.1) is 0 Å². The molecule has 1 fully saturated rings. The van der Waals surface area contributed by atoms with Gasteiger partial charge in [-0.2, -0.15) is 4.31 Å². The predicted molar refractivity (Wildman–Crippen MR) is 79.5 cm³/mol. The maximum Gasteiger partial charge on any atom is 0.277 e. The Morgan fingerprint density at radius 2 is 2.14 bits per heavy atom. The van der Waals surface area contributed by atoms with Crippen LogP contribution < -0.4 is 5.32 Å². The molecule has 0 atom stereocenters. The summed E-state index contributed by atoms with van der Waals surface area (Å²) in [6.45, 7) is 8.35. The third-order valence-corrected chi connectivity index (χ3v) is 5.46. The number of furan rings is 1. The first-order valence-corrected chi connectivity index (χ1v) is 8.72. The lowest BCUT2D eigenvalue weighted by Gasteiger charge is -2.40. The molecule has 0 spiro atoms. The van der Waals surface area contributed by atoms with Crippen LogP contribution >= 0.6 is 0 Å². The van der Waals surface area contributed by atoms with Crippen molar-refractivity contribution in [1.82, 2.24) is 9.62 Å². The van der Waals surface area contributed by atoms with Gasteiger partial charge in [-0.05, 0) is 38.9 Å². The van der Waals surface area contributed by atoms with Crippen LogP contribution in [0.5, 0.6) is 0 Å². The molecule has 1 aliphatic heterocycles. The van der Waals surface area contributed by atoms with Gasteiger partial charge in [-0.15, -0.1) is 0 Å². The second-order valence-corrected chi connectivity index (χ2v) is 7.63. The number of hydrogen-bond acceptors (Lipinski definition) is 5. The second-order valence-electron chi connectivity index (χ2n) is 5.84. The van der Waals surface area contributed by atoms with Crippen molar-refractivity contribution in [2.24, 2.45) is 0 Å². The number of nitrogens with zero attached hydrogens (tertiary/aromatic N) is 1. The summed E-state index contributed by atoms with van der Waals surface area (Å²) in [6.07, 6.45) is 1.02. The van der Waals surface area contributed by atoms with Crippen LogP contribution in [-0.2, 0) is 21.3 Å². The van der Waals surface area contributed by atoms with E-state index in [2.05, 4.69) is 12.2 Å². The summed E-state index contributed by atoms with van der Waals surface area (Å²) < 4.78 is 37.7. The number of hydrogen-bond donors (Lipinski definition) is 1. The van der Waals surface area contributed by atoms with Gasteiger partial charge in [-0.25, -0.2) is 8.42 Å². The Morgan fingerprint density at radius 3 is 2.81 bits per heavy atom. The summed E-state index contributed by atoms with van der Waals surface area (Å²) in [5, 5.41) is 3.20. The van der Waals surface area contributed by atoms with E-state index >= 15 is 0 Å². The summed E-state index contributed by atoms with van der Waals surface area (Å²) in [5.41, 5.74) is -0.565. The molecule has 21 heavy (non-hydrogen) atoms. The summed E-state index contributed by atoms with van der Waals surface area (Å²) >= 11 is 0. The van der Waals surface area contributed by atoms with Gasteiger partial charge in [0.15, 0.2) is 0 Å². The van der Waals surface area contributed by atoms with E-state index in [4.69, 9.17) is 9.15 Å². The number of nitrogens with one attached hydrogen (secondary N) is 1. The number of rotatable bonds is 6. The van der Waals surface area contributed by atoms with Gasteiger partial charge in [0, 0.05) is 6.54 Å². The van der Waals surface area contributed by atoms with Gasteiger partial charge < -0.3 is 14.5 Å². The van der Waals surface area contributed by atoms with Crippen molar-refractivity contribution in [2.75, 3.05) is 26.3 Å². The zero-order chi connectivity index (χ0) is 15.5. The zero-order valence-electron chi connectivity index (χ0n) is 12.9. The van der Waals surface area contributed by atoms with Crippen LogP contribution in [-0.4, -0.2) is 44.6 Å². The van der Waals surface area contributed by atoms with Crippen molar-refractivity contribution >= 4 is 10.0 Å². The minimum Gasteiger partial charge on any atom is -0.447 e. The van der Waals surface area contributed by atoms with Gasteiger partial charge in [0.05, 0.1) is 25.3 Å². The first-order chi connectivity index (χ1) is 9.88. The van der Waals surface area contributed by atoms with Gasteiger partial charge in [-0.1, -0.05) is 6.92 Å². The molecule has 7 heteroatoms. The van der Waals surface area contributed by atoms with Gasteiger partial charge in [0.1, 0.15) is 5.76 Å². The van der Waals surface area contributed by atoms with E-state index in [1.165, 1.54) is 10.4 Å². The molecule has 120 valence electrons. The lowest BCUT2D eigenvalue weighted by atomic mass is 10.1. The van der Waals surface area contributed by atoms with E-state index in [9.17, 15) is 8.42 Å². The van der Waals surface area contributed by atoms with E-state index in [1.807, 2.05) is 13.8 Å². The van der Waals surface area contributed by atoms with E-state index in [0.29, 0.717) is 32.1 Å². The summed E-state index contributed by atoms with van der Waals surface area (Å²) in [5.74, 6) is 0.632. The molecular formula is C14H24N2O4S. The average Bonchev–Trinajstić information content (AvgIpc) is 2.88. The highest BCUT2D eigenvalue weighted by Gasteiger charge is 2.41. The Balaban J connectivity index is 2.15. The Morgan fingerprint density at radius 1 is 1.38 bits per heavy atom. The molecule has 1 aromatic heterocycles. The maximum atomic E-state index is 12.7. The lowest BCUT2D eigenvalue weighted by molar-refractivity contribution is -0.00833. The van der Waals surface area contributed by atoms with Crippen LogP contribution in [0.4, 0.5) is 0 Å². The van der Waals surface area contributed by atoms with Crippen molar-refractivity contribution in [2.45, 2.75) is 44.4 Å². The van der Waals surface area contributed by atoms with Crippen LogP contribution in [0.1, 0.15) is 33.0 Å². The highest BCUT2D eigenvalue weighted by molar-refractivity contribution is 7.89. The second kappa shape index (κ2) is 6.48. The molecule has 0 bridgehead atoms. The Hall–Kier alpha value is -0.890. The minimum atomic E-state index is -3.62. The molecular weight excluding hydrogens is 292 g/mol. The highest BCUT2D eigenvalue weighted by atomic mass is 32.2. The first-order valence-electron chi connectivity index (χ1n) is 7.28. The zero-order valence-corrected chi connectivity index (χ0v) is 13.7. The molecule has 2 heterocycles. The lowest BCUT2D eigenvalue weighted by Crippen LogP contribution is -2.55. The molecule has 0 radical (unpaired) electrons. The molecule has 6 nitrogen and oxygen atoms in total. The molecule has 0 aliphatic carbocycles. The van der Waals surface area contributed by atoms with Crippen LogP contribution in [0.2, 0.25) is 0 Å². The van der Waals surface area contributed by atoms with E-state index in [1.54, 1.807) is 6.07 Å². The first kappa shape index (κ1) is 16.5. The Kier molecular flexibility index (Phi) is 5.08. The highest BCUT2D eigenvalue weighted by Crippen LogP contribution is 2.28. The minimum absolute atomic E-state index is 0.00535. The van der Waals surface area contributed by atoms with Crippen LogP contribution in [0.15, 0.2) is 21.6 Å². The summed E-state index contributed by atoms with van der Waals surface area (Å²) in [4.78, 5) is 0. The van der Waals surface area contributed by atoms with Crippen molar-refractivity contribution in [1.29, 1.82) is 0 Å². The molecule has 2 rings (SSSR count). The van der Waals surface area contributed by atoms with Crippen molar-refractivity contribution < 1.29 is 17.6 Å². The van der Waals surface area contributed by atoms with E-state index in [0.717, 1.165) is 13.0 Å². The third kappa shape index (κ3) is 3.66. The Bertz CT molecular complexity index is 565. The topological polar surface area (TPSA) is 71.8 Å². The van der Waals surface area contributed by atoms with Gasteiger partial charge in [-0.3, -0.25) is 0 Å². The number of ether oxygens (including phenoxy) is 1. The molecule has 1 N–H and O–H groups in total. The molecule has 0 aromatic carbocycles. The largest absolute Gasteiger partial charge is 0.447 e. The van der Waals surface area contributed by atoms with Crippen molar-refractivity contribution in [3.8, 4) is 0 Å². The molecule has 1 aliphatic rings. The number of sulfonamides is 1. The molecule has 0 amide bonds. The van der Waals surface area contributed by atoms with Gasteiger partial charge >= 0.3 is 0 Å². The quantitative estimate of drug-likeness (QED) is 0.807. The molecule has 1 saturated heterocycles. The van der Waals surface area contributed by atoms with Gasteiger partial charge in [0.25, 0.3) is 10.0 Å². The summed E-state index contributed by atoms with van der Waals surface area (Å²) in [6, 6.07) is 3.24. The normalized spacial score (nSPS) is 19.8. The maximum absolute atomic E-state index is 12.7.